The SMILES string of the molecule is CC(C)N1CCOC(C(Cc2cn3ccsc3n2)NN)C1. The standard InChI is InChI=1S/C14H23N5OS/c1-10(2)18-3-5-20-13(9-18)12(17-15)7-11-8-19-4-6-21-14(19)16-11/h4,6,8,10,12-13,17H,3,5,7,9,15H2,1-2H3. The molecule has 3 heterocycles. The molecule has 1 aliphatic rings. The first kappa shape index (κ1) is 14.9. The molecule has 0 bridgehead atoms. The van der Waals surface area contributed by atoms with Gasteiger partial charge in [0.15, 0.2) is 4.96 Å². The number of aromatic nitrogens is 2. The van der Waals surface area contributed by atoms with E-state index in [1.807, 2.05) is 11.6 Å². The largest absolute Gasteiger partial charge is 0.374 e. The van der Waals surface area contributed by atoms with Crippen LogP contribution in [-0.4, -0.2) is 52.2 Å². The molecule has 1 aliphatic heterocycles. The molecule has 116 valence electrons. The topological polar surface area (TPSA) is 67.8 Å². The normalized spacial score (nSPS) is 22.2. The van der Waals surface area contributed by atoms with Crippen LogP contribution in [0.4, 0.5) is 0 Å². The molecule has 1 fully saturated rings. The van der Waals surface area contributed by atoms with Crippen molar-refractivity contribution in [3.05, 3.63) is 23.5 Å². The minimum Gasteiger partial charge on any atom is -0.374 e. The summed E-state index contributed by atoms with van der Waals surface area (Å²) in [6.07, 6.45) is 4.98. The first-order valence-electron chi connectivity index (χ1n) is 7.40. The fourth-order valence-corrected chi connectivity index (χ4v) is 3.53. The molecule has 0 radical (unpaired) electrons. The van der Waals surface area contributed by atoms with E-state index < -0.39 is 0 Å². The Balaban J connectivity index is 1.68. The Labute approximate surface area is 128 Å². The van der Waals surface area contributed by atoms with Gasteiger partial charge in [-0.05, 0) is 13.8 Å². The van der Waals surface area contributed by atoms with Gasteiger partial charge in [-0.3, -0.25) is 20.6 Å². The van der Waals surface area contributed by atoms with Gasteiger partial charge in [0, 0.05) is 43.3 Å². The maximum absolute atomic E-state index is 5.92. The number of morpholine rings is 1. The summed E-state index contributed by atoms with van der Waals surface area (Å²) in [6.45, 7) is 7.10. The Morgan fingerprint density at radius 3 is 3.14 bits per heavy atom. The number of thiazole rings is 1. The van der Waals surface area contributed by atoms with Gasteiger partial charge in [-0.2, -0.15) is 0 Å². The number of imidazole rings is 1. The summed E-state index contributed by atoms with van der Waals surface area (Å²) in [6, 6.07) is 0.615. The molecule has 3 rings (SSSR count). The number of fused-ring (bicyclic) bond motifs is 1. The second-order valence-corrected chi connectivity index (χ2v) is 6.67. The van der Waals surface area contributed by atoms with Crippen molar-refractivity contribution >= 4 is 16.3 Å². The molecule has 7 heteroatoms. The van der Waals surface area contributed by atoms with E-state index in [0.29, 0.717) is 6.04 Å². The number of ether oxygens (including phenoxy) is 1. The maximum atomic E-state index is 5.92. The third-order valence-corrected chi connectivity index (χ3v) is 4.86. The van der Waals surface area contributed by atoms with Crippen LogP contribution in [0.15, 0.2) is 17.8 Å². The summed E-state index contributed by atoms with van der Waals surface area (Å²) in [5.74, 6) is 5.76. The van der Waals surface area contributed by atoms with Gasteiger partial charge < -0.3 is 4.74 Å². The number of hydrazine groups is 1. The summed E-state index contributed by atoms with van der Waals surface area (Å²) in [4.78, 5) is 8.08. The van der Waals surface area contributed by atoms with E-state index in [0.717, 1.165) is 36.8 Å². The number of nitrogens with one attached hydrogen (secondary N) is 1. The monoisotopic (exact) mass is 309 g/mol. The van der Waals surface area contributed by atoms with Crippen molar-refractivity contribution in [3.63, 3.8) is 0 Å². The van der Waals surface area contributed by atoms with Crippen molar-refractivity contribution in [2.45, 2.75) is 38.5 Å². The quantitative estimate of drug-likeness (QED) is 0.634. The molecule has 6 nitrogen and oxygen atoms in total. The van der Waals surface area contributed by atoms with Gasteiger partial charge in [-0.1, -0.05) is 0 Å². The van der Waals surface area contributed by atoms with Crippen LogP contribution in [-0.2, 0) is 11.2 Å². The summed E-state index contributed by atoms with van der Waals surface area (Å²) >= 11 is 1.64. The molecule has 3 N–H and O–H groups in total. The molecule has 0 spiro atoms. The fraction of sp³-hybridized carbons (Fsp3) is 0.643. The second-order valence-electron chi connectivity index (χ2n) is 5.80. The lowest BCUT2D eigenvalue weighted by Gasteiger charge is -2.38. The van der Waals surface area contributed by atoms with Crippen LogP contribution >= 0.6 is 11.3 Å². The Kier molecular flexibility index (Phi) is 4.56. The van der Waals surface area contributed by atoms with E-state index in [9.17, 15) is 0 Å². The van der Waals surface area contributed by atoms with E-state index in [4.69, 9.17) is 10.6 Å². The van der Waals surface area contributed by atoms with Crippen LogP contribution in [0.3, 0.4) is 0 Å². The van der Waals surface area contributed by atoms with Crippen molar-refractivity contribution in [2.24, 2.45) is 5.84 Å². The number of hydrogen-bond donors (Lipinski definition) is 2. The average Bonchev–Trinajstić information content (AvgIpc) is 3.05. The number of rotatable bonds is 5. The Hall–Kier alpha value is -0.990. The van der Waals surface area contributed by atoms with E-state index in [1.54, 1.807) is 11.3 Å². The molecule has 0 aliphatic carbocycles. The Morgan fingerprint density at radius 1 is 1.57 bits per heavy atom. The van der Waals surface area contributed by atoms with Gasteiger partial charge >= 0.3 is 0 Å². The third kappa shape index (κ3) is 3.27. The first-order chi connectivity index (χ1) is 10.2. The van der Waals surface area contributed by atoms with Crippen molar-refractivity contribution in [1.29, 1.82) is 0 Å². The third-order valence-electron chi connectivity index (χ3n) is 4.09. The molecule has 21 heavy (non-hydrogen) atoms. The van der Waals surface area contributed by atoms with E-state index in [1.165, 1.54) is 0 Å². The Morgan fingerprint density at radius 2 is 2.43 bits per heavy atom. The fourth-order valence-electron chi connectivity index (χ4n) is 2.81. The van der Waals surface area contributed by atoms with Gasteiger partial charge in [0.25, 0.3) is 0 Å². The van der Waals surface area contributed by atoms with Gasteiger partial charge in [-0.15, -0.1) is 11.3 Å². The predicted octanol–water partition coefficient (Wildman–Crippen LogP) is 0.879. The minimum absolute atomic E-state index is 0.0798. The molecule has 0 amide bonds. The molecule has 0 aromatic carbocycles. The minimum atomic E-state index is 0.0798. The summed E-state index contributed by atoms with van der Waals surface area (Å²) < 4.78 is 7.97. The van der Waals surface area contributed by atoms with Crippen molar-refractivity contribution < 1.29 is 4.74 Å². The summed E-state index contributed by atoms with van der Waals surface area (Å²) in [7, 11) is 0. The van der Waals surface area contributed by atoms with E-state index in [2.05, 4.69) is 39.8 Å². The molecule has 2 aromatic rings. The zero-order valence-corrected chi connectivity index (χ0v) is 13.3. The highest BCUT2D eigenvalue weighted by Crippen LogP contribution is 2.17. The smallest absolute Gasteiger partial charge is 0.193 e. The molecule has 2 unspecified atom stereocenters. The number of nitrogens with two attached hydrogens (primary N) is 1. The lowest BCUT2D eigenvalue weighted by Crippen LogP contribution is -2.56. The summed E-state index contributed by atoms with van der Waals surface area (Å²) in [5, 5.41) is 2.04. The van der Waals surface area contributed by atoms with Crippen molar-refractivity contribution in [2.75, 3.05) is 19.7 Å². The van der Waals surface area contributed by atoms with Gasteiger partial charge in [0.05, 0.1) is 24.4 Å². The molecule has 0 saturated carbocycles. The first-order valence-corrected chi connectivity index (χ1v) is 8.28. The van der Waals surface area contributed by atoms with Crippen LogP contribution in [0, 0.1) is 0 Å². The molecule has 2 atom stereocenters. The zero-order chi connectivity index (χ0) is 14.8. The van der Waals surface area contributed by atoms with Crippen LogP contribution in [0.2, 0.25) is 0 Å². The maximum Gasteiger partial charge on any atom is 0.193 e. The summed E-state index contributed by atoms with van der Waals surface area (Å²) in [5.41, 5.74) is 3.97. The van der Waals surface area contributed by atoms with Crippen molar-refractivity contribution in [3.8, 4) is 0 Å². The van der Waals surface area contributed by atoms with Gasteiger partial charge in [0.1, 0.15) is 0 Å². The molecule has 1 saturated heterocycles. The second kappa shape index (κ2) is 6.41. The number of nitrogens with zero attached hydrogens (tertiary/aromatic N) is 3. The van der Waals surface area contributed by atoms with Crippen LogP contribution in [0.25, 0.3) is 4.96 Å². The molecular formula is C14H23N5OS. The highest BCUT2D eigenvalue weighted by Gasteiger charge is 2.29. The van der Waals surface area contributed by atoms with E-state index in [-0.39, 0.29) is 12.1 Å². The van der Waals surface area contributed by atoms with E-state index >= 15 is 0 Å². The average molecular weight is 309 g/mol. The number of hydrogen-bond acceptors (Lipinski definition) is 6. The van der Waals surface area contributed by atoms with Crippen LogP contribution in [0.5, 0.6) is 0 Å². The molecular weight excluding hydrogens is 286 g/mol. The van der Waals surface area contributed by atoms with Gasteiger partial charge in [-0.25, -0.2) is 4.98 Å². The highest BCUT2D eigenvalue weighted by atomic mass is 32.1. The van der Waals surface area contributed by atoms with Crippen molar-refractivity contribution in [1.82, 2.24) is 19.7 Å². The lowest BCUT2D eigenvalue weighted by atomic mass is 10.0. The predicted molar refractivity (Wildman–Crippen MR) is 84.3 cm³/mol. The lowest BCUT2D eigenvalue weighted by molar-refractivity contribution is -0.0553. The zero-order valence-electron chi connectivity index (χ0n) is 12.5. The van der Waals surface area contributed by atoms with Crippen LogP contribution < -0.4 is 11.3 Å². The Bertz CT molecular complexity index is 552. The van der Waals surface area contributed by atoms with Crippen LogP contribution in [0.1, 0.15) is 19.5 Å². The molecule has 2 aromatic heterocycles. The van der Waals surface area contributed by atoms with Gasteiger partial charge in [0.2, 0.25) is 0 Å². The highest BCUT2D eigenvalue weighted by molar-refractivity contribution is 7.15.